The van der Waals surface area contributed by atoms with E-state index in [1.165, 1.54) is 6.07 Å². The molecule has 1 aromatic rings. The maximum Gasteiger partial charge on any atom is 0.303 e. The van der Waals surface area contributed by atoms with Gasteiger partial charge in [-0.1, -0.05) is 19.3 Å². The number of aliphatic carboxylic acids is 1. The number of halogens is 4. The van der Waals surface area contributed by atoms with E-state index in [0.717, 1.165) is 30.6 Å². The molecule has 1 aromatic heterocycles. The highest BCUT2D eigenvalue weighted by molar-refractivity contribution is 9.13. The van der Waals surface area contributed by atoms with Crippen molar-refractivity contribution in [1.29, 1.82) is 0 Å². The standard InChI is InChI=1S/C14H16Br2F2O2S/c15-9-6-10(21-12(9)16)14(17,18)8-13(7-11(19)20)4-2-1-3-5-13/h6H,1-5,7-8H2,(H,19,20). The lowest BCUT2D eigenvalue weighted by Gasteiger charge is -2.38. The third-order valence-corrected chi connectivity index (χ3v) is 7.41. The number of hydrogen-bond acceptors (Lipinski definition) is 2. The van der Waals surface area contributed by atoms with E-state index in [1.54, 1.807) is 0 Å². The Bertz CT molecular complexity index is 506. The van der Waals surface area contributed by atoms with Crippen LogP contribution in [0.1, 0.15) is 49.8 Å². The zero-order valence-electron chi connectivity index (χ0n) is 11.3. The summed E-state index contributed by atoms with van der Waals surface area (Å²) < 4.78 is 30.5. The van der Waals surface area contributed by atoms with E-state index < -0.39 is 17.3 Å². The lowest BCUT2D eigenvalue weighted by Crippen LogP contribution is -2.33. The van der Waals surface area contributed by atoms with E-state index in [9.17, 15) is 13.6 Å². The van der Waals surface area contributed by atoms with E-state index in [1.807, 2.05) is 0 Å². The molecular weight excluding hydrogens is 430 g/mol. The van der Waals surface area contributed by atoms with Gasteiger partial charge in [0.2, 0.25) is 0 Å². The van der Waals surface area contributed by atoms with Crippen molar-refractivity contribution in [1.82, 2.24) is 0 Å². The molecule has 1 saturated carbocycles. The Labute approximate surface area is 143 Å². The summed E-state index contributed by atoms with van der Waals surface area (Å²) in [7, 11) is 0. The Morgan fingerprint density at radius 1 is 1.33 bits per heavy atom. The van der Waals surface area contributed by atoms with Gasteiger partial charge >= 0.3 is 5.97 Å². The van der Waals surface area contributed by atoms with Crippen molar-refractivity contribution in [2.75, 3.05) is 0 Å². The smallest absolute Gasteiger partial charge is 0.303 e. The molecule has 21 heavy (non-hydrogen) atoms. The van der Waals surface area contributed by atoms with Crippen molar-refractivity contribution in [3.63, 3.8) is 0 Å². The van der Waals surface area contributed by atoms with Gasteiger partial charge in [0.25, 0.3) is 5.92 Å². The van der Waals surface area contributed by atoms with Crippen LogP contribution in [0.3, 0.4) is 0 Å². The maximum absolute atomic E-state index is 14.6. The molecule has 0 atom stereocenters. The first-order valence-electron chi connectivity index (χ1n) is 6.79. The maximum atomic E-state index is 14.6. The molecule has 1 aliphatic carbocycles. The highest BCUT2D eigenvalue weighted by Crippen LogP contribution is 2.52. The van der Waals surface area contributed by atoms with Crippen LogP contribution in [0.15, 0.2) is 14.3 Å². The van der Waals surface area contributed by atoms with E-state index in [-0.39, 0.29) is 17.7 Å². The monoisotopic (exact) mass is 444 g/mol. The molecule has 2 nitrogen and oxygen atoms in total. The second kappa shape index (κ2) is 6.62. The first kappa shape index (κ1) is 17.3. The van der Waals surface area contributed by atoms with Gasteiger partial charge in [0, 0.05) is 10.9 Å². The predicted octanol–water partition coefficient (Wildman–Crippen LogP) is 6.18. The zero-order valence-corrected chi connectivity index (χ0v) is 15.3. The molecule has 7 heteroatoms. The summed E-state index contributed by atoms with van der Waals surface area (Å²) in [6.45, 7) is 0. The number of carboxylic acid groups (broad SMARTS) is 1. The number of carbonyl (C=O) groups is 1. The summed E-state index contributed by atoms with van der Waals surface area (Å²) in [6, 6.07) is 1.42. The summed E-state index contributed by atoms with van der Waals surface area (Å²) in [5.74, 6) is -3.98. The first-order chi connectivity index (χ1) is 9.74. The van der Waals surface area contributed by atoms with E-state index >= 15 is 0 Å². The van der Waals surface area contributed by atoms with Crippen molar-refractivity contribution in [2.24, 2.45) is 5.41 Å². The number of alkyl halides is 2. The van der Waals surface area contributed by atoms with Crippen molar-refractivity contribution in [2.45, 2.75) is 50.9 Å². The second-order valence-corrected chi connectivity index (χ2v) is 8.97. The fraction of sp³-hybridized carbons (Fsp3) is 0.643. The van der Waals surface area contributed by atoms with Crippen molar-refractivity contribution in [3.8, 4) is 0 Å². The molecule has 0 radical (unpaired) electrons. The molecule has 1 aliphatic rings. The van der Waals surface area contributed by atoms with Gasteiger partial charge in [-0.3, -0.25) is 4.79 Å². The molecule has 0 aromatic carbocycles. The predicted molar refractivity (Wildman–Crippen MR) is 86.0 cm³/mol. The molecule has 0 bridgehead atoms. The molecule has 118 valence electrons. The highest BCUT2D eigenvalue weighted by atomic mass is 79.9. The van der Waals surface area contributed by atoms with Gasteiger partial charge in [-0.15, -0.1) is 11.3 Å². The zero-order chi connectivity index (χ0) is 15.7. The largest absolute Gasteiger partial charge is 0.481 e. The normalized spacial score (nSPS) is 18.7. The Hall–Kier alpha value is -0.0100. The summed E-state index contributed by atoms with van der Waals surface area (Å²) in [4.78, 5) is 11.1. The molecule has 1 heterocycles. The van der Waals surface area contributed by atoms with Crippen LogP contribution in [0.5, 0.6) is 0 Å². The van der Waals surface area contributed by atoms with Crippen LogP contribution in [0.4, 0.5) is 8.78 Å². The van der Waals surface area contributed by atoms with E-state index in [0.29, 0.717) is 21.1 Å². The average Bonchev–Trinajstić information content (AvgIpc) is 2.69. The number of rotatable bonds is 5. The van der Waals surface area contributed by atoms with Crippen LogP contribution >= 0.6 is 43.2 Å². The first-order valence-corrected chi connectivity index (χ1v) is 9.19. The van der Waals surface area contributed by atoms with Gasteiger partial charge in [-0.25, -0.2) is 8.78 Å². The van der Waals surface area contributed by atoms with Gasteiger partial charge < -0.3 is 5.11 Å². The lowest BCUT2D eigenvalue weighted by atomic mass is 9.68. The molecule has 0 amide bonds. The minimum absolute atomic E-state index is 0.0170. The fourth-order valence-corrected chi connectivity index (χ4v) is 5.13. The van der Waals surface area contributed by atoms with Crippen LogP contribution in [0.2, 0.25) is 0 Å². The molecule has 1 fully saturated rings. The number of hydrogen-bond donors (Lipinski definition) is 1. The Morgan fingerprint density at radius 2 is 1.95 bits per heavy atom. The Morgan fingerprint density at radius 3 is 2.43 bits per heavy atom. The van der Waals surface area contributed by atoms with Crippen molar-refractivity contribution >= 4 is 49.2 Å². The van der Waals surface area contributed by atoms with Crippen LogP contribution in [0.25, 0.3) is 0 Å². The second-order valence-electron chi connectivity index (χ2n) is 5.74. The topological polar surface area (TPSA) is 37.3 Å². The summed E-state index contributed by atoms with van der Waals surface area (Å²) >= 11 is 7.46. The van der Waals surface area contributed by atoms with Crippen LogP contribution in [0, 0.1) is 5.41 Å². The third-order valence-electron chi connectivity index (χ3n) is 4.04. The molecule has 0 saturated heterocycles. The number of thiophene rings is 1. The number of carboxylic acids is 1. The molecular formula is C14H16Br2F2O2S. The fourth-order valence-electron chi connectivity index (χ4n) is 3.12. The molecule has 0 unspecified atom stereocenters. The van der Waals surface area contributed by atoms with E-state index in [4.69, 9.17) is 5.11 Å². The van der Waals surface area contributed by atoms with Crippen molar-refractivity contribution in [3.05, 3.63) is 19.2 Å². The lowest BCUT2D eigenvalue weighted by molar-refractivity contribution is -0.143. The van der Waals surface area contributed by atoms with E-state index in [2.05, 4.69) is 31.9 Å². The SMILES string of the molecule is O=C(O)CC1(CC(F)(F)c2cc(Br)c(Br)s2)CCCCC1. The third kappa shape index (κ3) is 4.26. The Balaban J connectivity index is 2.23. The summed E-state index contributed by atoms with van der Waals surface area (Å²) in [6.07, 6.45) is 3.26. The summed E-state index contributed by atoms with van der Waals surface area (Å²) in [5, 5.41) is 9.09. The summed E-state index contributed by atoms with van der Waals surface area (Å²) in [5.41, 5.74) is -0.781. The van der Waals surface area contributed by atoms with Crippen LogP contribution < -0.4 is 0 Å². The van der Waals surface area contributed by atoms with Gasteiger partial charge in [-0.05, 0) is 56.2 Å². The quantitative estimate of drug-likeness (QED) is 0.587. The average molecular weight is 446 g/mol. The van der Waals surface area contributed by atoms with Gasteiger partial charge in [0.05, 0.1) is 15.1 Å². The van der Waals surface area contributed by atoms with Crippen molar-refractivity contribution < 1.29 is 18.7 Å². The molecule has 1 N–H and O–H groups in total. The minimum Gasteiger partial charge on any atom is -0.481 e. The minimum atomic E-state index is -2.99. The van der Waals surface area contributed by atoms with Gasteiger partial charge in [0.1, 0.15) is 0 Å². The molecule has 0 spiro atoms. The highest BCUT2D eigenvalue weighted by Gasteiger charge is 2.45. The van der Waals surface area contributed by atoms with Gasteiger partial charge in [-0.2, -0.15) is 0 Å². The molecule has 0 aliphatic heterocycles. The molecule has 2 rings (SSSR count). The van der Waals surface area contributed by atoms with Gasteiger partial charge in [0.15, 0.2) is 0 Å². The van der Waals surface area contributed by atoms with Crippen LogP contribution in [-0.4, -0.2) is 11.1 Å². The van der Waals surface area contributed by atoms with Crippen LogP contribution in [-0.2, 0) is 10.7 Å². The Kier molecular flexibility index (Phi) is 5.47.